The number of rotatable bonds is 4. The lowest BCUT2D eigenvalue weighted by Gasteiger charge is -2.27. The molecule has 4 N–H and O–H groups in total. The van der Waals surface area contributed by atoms with Gasteiger partial charge in [0.15, 0.2) is 0 Å². The second-order valence-corrected chi connectivity index (χ2v) is 6.82. The summed E-state index contributed by atoms with van der Waals surface area (Å²) >= 11 is 0. The molecule has 6 atom stereocenters. The summed E-state index contributed by atoms with van der Waals surface area (Å²) in [6.07, 6.45) is 5.98. The highest BCUT2D eigenvalue weighted by Gasteiger charge is 2.49. The molecule has 3 fully saturated rings. The number of nitrogens with two attached hydrogens (primary N) is 1. The van der Waals surface area contributed by atoms with Crippen molar-refractivity contribution < 1.29 is 14.7 Å². The third-order valence-electron chi connectivity index (χ3n) is 5.80. The van der Waals surface area contributed by atoms with Gasteiger partial charge in [0.25, 0.3) is 0 Å². The summed E-state index contributed by atoms with van der Waals surface area (Å²) in [6, 6.07) is 0.00704. The first-order valence-corrected chi connectivity index (χ1v) is 7.84. The van der Waals surface area contributed by atoms with E-state index in [2.05, 4.69) is 5.32 Å². The van der Waals surface area contributed by atoms with E-state index in [1.165, 1.54) is 6.42 Å². The Balaban J connectivity index is 1.54. The zero-order valence-electron chi connectivity index (χ0n) is 11.8. The largest absolute Gasteiger partial charge is 0.481 e. The van der Waals surface area contributed by atoms with Crippen LogP contribution in [-0.4, -0.2) is 29.6 Å². The topological polar surface area (TPSA) is 92.4 Å². The van der Waals surface area contributed by atoms with Crippen molar-refractivity contribution >= 4 is 11.9 Å². The van der Waals surface area contributed by atoms with Crippen molar-refractivity contribution in [3.63, 3.8) is 0 Å². The van der Waals surface area contributed by atoms with Crippen molar-refractivity contribution in [1.82, 2.24) is 5.32 Å². The van der Waals surface area contributed by atoms with Gasteiger partial charge in [-0.2, -0.15) is 0 Å². The second-order valence-electron chi connectivity index (χ2n) is 6.82. The maximum absolute atomic E-state index is 12.3. The molecule has 0 aromatic heterocycles. The fraction of sp³-hybridized carbons (Fsp3) is 0.867. The van der Waals surface area contributed by atoms with E-state index in [1.54, 1.807) is 0 Å². The van der Waals surface area contributed by atoms with Crippen LogP contribution in [-0.2, 0) is 9.59 Å². The smallest absolute Gasteiger partial charge is 0.306 e. The van der Waals surface area contributed by atoms with E-state index in [4.69, 9.17) is 10.8 Å². The van der Waals surface area contributed by atoms with Gasteiger partial charge in [0.1, 0.15) is 0 Å². The first-order chi connectivity index (χ1) is 9.58. The van der Waals surface area contributed by atoms with Crippen molar-refractivity contribution in [3.05, 3.63) is 0 Å². The molecule has 1 amide bonds. The molecule has 2 bridgehead atoms. The Morgan fingerprint density at radius 3 is 2.55 bits per heavy atom. The van der Waals surface area contributed by atoms with Crippen LogP contribution in [0.1, 0.15) is 38.5 Å². The summed E-state index contributed by atoms with van der Waals surface area (Å²) in [5, 5.41) is 12.1. The molecule has 6 unspecified atom stereocenters. The number of carboxylic acids is 1. The van der Waals surface area contributed by atoms with Gasteiger partial charge in [-0.15, -0.1) is 0 Å². The highest BCUT2D eigenvalue weighted by atomic mass is 16.4. The Labute approximate surface area is 119 Å². The van der Waals surface area contributed by atoms with Crippen molar-refractivity contribution in [2.24, 2.45) is 35.3 Å². The molecule has 5 heteroatoms. The third kappa shape index (κ3) is 2.32. The molecule has 0 radical (unpaired) electrons. The minimum Gasteiger partial charge on any atom is -0.481 e. The van der Waals surface area contributed by atoms with Crippen molar-refractivity contribution in [2.45, 2.75) is 44.6 Å². The lowest BCUT2D eigenvalue weighted by atomic mass is 9.84. The first kappa shape index (κ1) is 13.9. The predicted molar refractivity (Wildman–Crippen MR) is 73.8 cm³/mol. The van der Waals surface area contributed by atoms with E-state index in [9.17, 15) is 9.59 Å². The zero-order chi connectivity index (χ0) is 14.3. The second kappa shape index (κ2) is 5.35. The number of aliphatic carboxylic acids is 1. The number of carboxylic acid groups (broad SMARTS) is 1. The number of carbonyl (C=O) groups is 2. The van der Waals surface area contributed by atoms with Gasteiger partial charge < -0.3 is 16.2 Å². The quantitative estimate of drug-likeness (QED) is 0.715. The highest BCUT2D eigenvalue weighted by molar-refractivity contribution is 5.80. The molecule has 3 aliphatic carbocycles. The Hall–Kier alpha value is -1.10. The van der Waals surface area contributed by atoms with Gasteiger partial charge in [0, 0.05) is 12.6 Å². The van der Waals surface area contributed by atoms with Gasteiger partial charge in [-0.1, -0.05) is 6.42 Å². The number of fused-ring (bicyclic) bond motifs is 2. The SMILES string of the molecule is NC1C2CCC(C2)C1C(=O)NCC1CCCC1C(=O)O. The van der Waals surface area contributed by atoms with Gasteiger partial charge >= 0.3 is 5.97 Å². The van der Waals surface area contributed by atoms with Crippen molar-refractivity contribution in [3.8, 4) is 0 Å². The van der Waals surface area contributed by atoms with E-state index in [0.717, 1.165) is 32.1 Å². The first-order valence-electron chi connectivity index (χ1n) is 7.84. The van der Waals surface area contributed by atoms with Crippen LogP contribution in [0.25, 0.3) is 0 Å². The summed E-state index contributed by atoms with van der Waals surface area (Å²) in [5.74, 6) is 0.0654. The van der Waals surface area contributed by atoms with Gasteiger partial charge in [-0.25, -0.2) is 0 Å². The van der Waals surface area contributed by atoms with Crippen LogP contribution >= 0.6 is 0 Å². The Morgan fingerprint density at radius 2 is 1.90 bits per heavy atom. The summed E-state index contributed by atoms with van der Waals surface area (Å²) < 4.78 is 0. The molecule has 112 valence electrons. The highest BCUT2D eigenvalue weighted by Crippen LogP contribution is 2.47. The van der Waals surface area contributed by atoms with Crippen molar-refractivity contribution in [2.75, 3.05) is 6.54 Å². The van der Waals surface area contributed by atoms with E-state index >= 15 is 0 Å². The van der Waals surface area contributed by atoms with Gasteiger partial charge in [-0.05, 0) is 49.9 Å². The maximum Gasteiger partial charge on any atom is 0.306 e. The normalized spacial score (nSPS) is 42.9. The maximum atomic E-state index is 12.3. The van der Waals surface area contributed by atoms with Gasteiger partial charge in [0.2, 0.25) is 5.91 Å². The fourth-order valence-corrected chi connectivity index (χ4v) is 4.68. The Morgan fingerprint density at radius 1 is 1.15 bits per heavy atom. The van der Waals surface area contributed by atoms with Crippen LogP contribution in [0.2, 0.25) is 0 Å². The van der Waals surface area contributed by atoms with Gasteiger partial charge in [-0.3, -0.25) is 9.59 Å². The minimum absolute atomic E-state index is 0.00704. The number of carbonyl (C=O) groups excluding carboxylic acids is 1. The monoisotopic (exact) mass is 280 g/mol. The molecule has 0 spiro atoms. The number of nitrogens with one attached hydrogen (secondary N) is 1. The van der Waals surface area contributed by atoms with Crippen LogP contribution in [0, 0.1) is 29.6 Å². The molecule has 3 saturated carbocycles. The zero-order valence-corrected chi connectivity index (χ0v) is 11.8. The van der Waals surface area contributed by atoms with E-state index < -0.39 is 5.97 Å². The molecule has 20 heavy (non-hydrogen) atoms. The Bertz CT molecular complexity index is 410. The predicted octanol–water partition coefficient (Wildman–Crippen LogP) is 0.977. The van der Waals surface area contributed by atoms with E-state index in [0.29, 0.717) is 18.4 Å². The number of hydrogen-bond acceptors (Lipinski definition) is 3. The van der Waals surface area contributed by atoms with Crippen LogP contribution in [0.3, 0.4) is 0 Å². The molecular formula is C15H24N2O3. The Kier molecular flexibility index (Phi) is 3.71. The van der Waals surface area contributed by atoms with Crippen molar-refractivity contribution in [1.29, 1.82) is 0 Å². The van der Waals surface area contributed by atoms with E-state index in [1.807, 2.05) is 0 Å². The van der Waals surface area contributed by atoms with Crippen LogP contribution in [0.15, 0.2) is 0 Å². The summed E-state index contributed by atoms with van der Waals surface area (Å²) in [4.78, 5) is 23.5. The molecular weight excluding hydrogens is 256 g/mol. The van der Waals surface area contributed by atoms with E-state index in [-0.39, 0.29) is 29.7 Å². The van der Waals surface area contributed by atoms with Crippen LogP contribution in [0.4, 0.5) is 0 Å². The van der Waals surface area contributed by atoms with Crippen LogP contribution in [0.5, 0.6) is 0 Å². The lowest BCUT2D eigenvalue weighted by molar-refractivity contribution is -0.143. The number of amides is 1. The average molecular weight is 280 g/mol. The minimum atomic E-state index is -0.724. The molecule has 0 heterocycles. The molecule has 0 saturated heterocycles. The molecule has 0 aromatic carbocycles. The summed E-state index contributed by atoms with van der Waals surface area (Å²) in [5.41, 5.74) is 6.17. The van der Waals surface area contributed by atoms with Crippen LogP contribution < -0.4 is 11.1 Å². The standard InChI is InChI=1S/C15H24N2O3/c16-13-9-5-4-8(6-9)12(13)14(18)17-7-10-2-1-3-11(10)15(19)20/h8-13H,1-7,16H2,(H,17,18)(H,19,20). The molecule has 0 aromatic rings. The summed E-state index contributed by atoms with van der Waals surface area (Å²) in [7, 11) is 0. The summed E-state index contributed by atoms with van der Waals surface area (Å²) in [6.45, 7) is 0.496. The molecule has 3 aliphatic rings. The van der Waals surface area contributed by atoms with Gasteiger partial charge in [0.05, 0.1) is 11.8 Å². The fourth-order valence-electron chi connectivity index (χ4n) is 4.68. The molecule has 0 aliphatic heterocycles. The lowest BCUT2D eigenvalue weighted by Crippen LogP contribution is -2.46. The molecule has 3 rings (SSSR count). The average Bonchev–Trinajstić information content (AvgIpc) is 3.10. The third-order valence-corrected chi connectivity index (χ3v) is 5.80. The number of hydrogen-bond donors (Lipinski definition) is 3. The molecule has 5 nitrogen and oxygen atoms in total.